The summed E-state index contributed by atoms with van der Waals surface area (Å²) >= 11 is 0. The maximum atomic E-state index is 10.2. The molecule has 0 aliphatic carbocycles. The summed E-state index contributed by atoms with van der Waals surface area (Å²) in [6.07, 6.45) is 21.9. The van der Waals surface area contributed by atoms with Crippen LogP contribution in [-0.2, 0) is 4.79 Å². The van der Waals surface area contributed by atoms with Crippen LogP contribution in [0.1, 0.15) is 84.0 Å². The van der Waals surface area contributed by atoms with Crippen molar-refractivity contribution in [2.45, 2.75) is 84.0 Å². The van der Waals surface area contributed by atoms with Crippen LogP contribution in [0, 0.1) is 0 Å². The van der Waals surface area contributed by atoms with Crippen molar-refractivity contribution in [2.75, 3.05) is 0 Å². The Morgan fingerprint density at radius 1 is 0.810 bits per heavy atom. The van der Waals surface area contributed by atoms with Gasteiger partial charge in [0.2, 0.25) is 0 Å². The average molecular weight is 286 g/mol. The van der Waals surface area contributed by atoms with Crippen molar-refractivity contribution >= 4 is 5.97 Å². The van der Waals surface area contributed by atoms with Gasteiger partial charge in [0.1, 0.15) is 0 Å². The van der Waals surface area contributed by atoms with Crippen molar-refractivity contribution in [3.8, 4) is 0 Å². The molecule has 0 spiro atoms. The Balaban J connectivity index is 0. The molecule has 0 rings (SSSR count). The molecular weight excluding hydrogens is 255 g/mol. The quantitative estimate of drug-likeness (QED) is 0.276. The third-order valence-corrected chi connectivity index (χ3v) is 3.33. The first-order valence-corrected chi connectivity index (χ1v) is 8.27. The average Bonchev–Trinajstić information content (AvgIpc) is 2.43. The fourth-order valence-electron chi connectivity index (χ4n) is 2.08. The minimum Gasteiger partial charge on any atom is -0.550 e. The fourth-order valence-corrected chi connectivity index (χ4v) is 2.08. The summed E-state index contributed by atoms with van der Waals surface area (Å²) in [6, 6.07) is 0. The van der Waals surface area contributed by atoms with E-state index in [9.17, 15) is 9.90 Å². The van der Waals surface area contributed by atoms with Crippen molar-refractivity contribution in [1.82, 2.24) is 0 Å². The number of carboxylic acid groups (broad SMARTS) is 1. The first-order chi connectivity index (χ1) is 9.77. The second-order valence-corrected chi connectivity index (χ2v) is 5.35. The van der Waals surface area contributed by atoms with Gasteiger partial charge in [-0.3, -0.25) is 0 Å². The number of carbonyl (C=O) groups excluding carboxylic acids is 1. The zero-order valence-electron chi connectivity index (χ0n) is 14.1. The van der Waals surface area contributed by atoms with Gasteiger partial charge in [-0.1, -0.05) is 63.3 Å². The van der Waals surface area contributed by atoms with Gasteiger partial charge in [0.25, 0.3) is 0 Å². The monoisotopic (exact) mass is 286 g/mol. The Labute approximate surface area is 143 Å². The summed E-state index contributed by atoms with van der Waals surface area (Å²) < 4.78 is 0. The summed E-state index contributed by atoms with van der Waals surface area (Å²) in [6.45, 7) is 2.23. The predicted molar refractivity (Wildman–Crippen MR) is 84.4 cm³/mol. The Morgan fingerprint density at radius 2 is 1.33 bits per heavy atom. The van der Waals surface area contributed by atoms with Crippen molar-refractivity contribution < 1.29 is 28.8 Å². The normalized spacial score (nSPS) is 11.1. The number of rotatable bonds is 14. The molecule has 0 saturated heterocycles. The fraction of sp³-hybridized carbons (Fsp3) is 0.722. The van der Waals surface area contributed by atoms with Gasteiger partial charge in [-0.25, -0.2) is 0 Å². The van der Waals surface area contributed by atoms with Crippen LogP contribution in [0.3, 0.4) is 0 Å². The molecule has 0 unspecified atom stereocenters. The second-order valence-electron chi connectivity index (χ2n) is 5.35. The van der Waals surface area contributed by atoms with E-state index in [4.69, 9.17) is 0 Å². The molecule has 0 aromatic heterocycles. The molecule has 0 aliphatic heterocycles. The molecule has 21 heavy (non-hydrogen) atoms. The molecule has 116 valence electrons. The summed E-state index contributed by atoms with van der Waals surface area (Å²) in [5.41, 5.74) is 0. The number of carboxylic acids is 1. The number of hydrogen-bond donors (Lipinski definition) is 0. The van der Waals surface area contributed by atoms with E-state index >= 15 is 0 Å². The van der Waals surface area contributed by atoms with Crippen LogP contribution >= 0.6 is 0 Å². The van der Waals surface area contributed by atoms with E-state index in [0.717, 1.165) is 32.1 Å². The van der Waals surface area contributed by atoms with E-state index < -0.39 is 5.97 Å². The van der Waals surface area contributed by atoms with Crippen LogP contribution in [0.4, 0.5) is 0 Å². The van der Waals surface area contributed by atoms with Gasteiger partial charge >= 0.3 is 18.9 Å². The molecule has 0 N–H and O–H groups in total. The molecule has 0 aliphatic rings. The number of unbranched alkanes of at least 4 members (excludes halogenated alkanes) is 8. The van der Waals surface area contributed by atoms with Gasteiger partial charge in [-0.15, -0.1) is 0 Å². The van der Waals surface area contributed by atoms with Crippen LogP contribution in [0.2, 0.25) is 0 Å². The molecule has 0 radical (unpaired) electrons. The summed E-state index contributed by atoms with van der Waals surface area (Å²) in [5.74, 6) is -0.921. The summed E-state index contributed by atoms with van der Waals surface area (Å²) in [5, 5.41) is 10.2. The molecule has 0 aromatic rings. The first-order valence-electron chi connectivity index (χ1n) is 8.27. The van der Waals surface area contributed by atoms with E-state index in [1.807, 2.05) is 0 Å². The van der Waals surface area contributed by atoms with Crippen molar-refractivity contribution in [2.24, 2.45) is 0 Å². The van der Waals surface area contributed by atoms with Crippen LogP contribution in [0.15, 0.2) is 24.3 Å². The van der Waals surface area contributed by atoms with E-state index in [1.165, 1.54) is 38.5 Å². The Bertz CT molecular complexity index is 272. The molecule has 0 atom stereocenters. The SMILES string of the molecule is CCCCC/C=C/C/C=C/CCCCCCCC(=O)[O-].[Li+]. The first kappa shape index (κ1) is 22.8. The third-order valence-electron chi connectivity index (χ3n) is 3.33. The Kier molecular flexibility index (Phi) is 21.2. The van der Waals surface area contributed by atoms with Gasteiger partial charge in [-0.2, -0.15) is 0 Å². The van der Waals surface area contributed by atoms with E-state index in [2.05, 4.69) is 31.2 Å². The minimum absolute atomic E-state index is 0. The Morgan fingerprint density at radius 3 is 1.90 bits per heavy atom. The molecule has 3 heteroatoms. The van der Waals surface area contributed by atoms with Gasteiger partial charge in [-0.05, 0) is 44.9 Å². The van der Waals surface area contributed by atoms with Crippen molar-refractivity contribution in [1.29, 1.82) is 0 Å². The number of aliphatic carboxylic acids is 1. The number of carbonyl (C=O) groups is 1. The minimum atomic E-state index is -0.921. The van der Waals surface area contributed by atoms with Crippen LogP contribution in [0.25, 0.3) is 0 Å². The van der Waals surface area contributed by atoms with Crippen LogP contribution in [0.5, 0.6) is 0 Å². The molecule has 0 aromatic carbocycles. The summed E-state index contributed by atoms with van der Waals surface area (Å²) in [4.78, 5) is 10.2. The zero-order chi connectivity index (χ0) is 14.9. The predicted octanol–water partition coefficient (Wildman–Crippen LogP) is 1.55. The van der Waals surface area contributed by atoms with Crippen LogP contribution in [-0.4, -0.2) is 5.97 Å². The topological polar surface area (TPSA) is 40.1 Å². The number of hydrogen-bond acceptors (Lipinski definition) is 2. The molecule has 0 fully saturated rings. The zero-order valence-corrected chi connectivity index (χ0v) is 14.1. The second kappa shape index (κ2) is 19.5. The van der Waals surface area contributed by atoms with Crippen molar-refractivity contribution in [3.63, 3.8) is 0 Å². The van der Waals surface area contributed by atoms with E-state index in [0.29, 0.717) is 0 Å². The van der Waals surface area contributed by atoms with Gasteiger partial charge in [0, 0.05) is 5.97 Å². The van der Waals surface area contributed by atoms with E-state index in [1.54, 1.807) is 0 Å². The Hall–Kier alpha value is -0.453. The standard InChI is InChI=1S/C18H32O2.Li/c1-2-3-4-5-6-7-8-9-10-11-12-13-14-15-16-17-18(19)20;/h6-7,9-10H,2-5,8,11-17H2,1H3,(H,19,20);/q;+1/p-1/b7-6+,10-9+;. The maximum Gasteiger partial charge on any atom is 1.00 e. The molecule has 0 heterocycles. The van der Waals surface area contributed by atoms with Crippen LogP contribution < -0.4 is 24.0 Å². The molecular formula is C18H31LiO2. The van der Waals surface area contributed by atoms with Gasteiger partial charge in [0.05, 0.1) is 0 Å². The van der Waals surface area contributed by atoms with Gasteiger partial charge < -0.3 is 9.90 Å². The number of allylic oxidation sites excluding steroid dienone is 4. The third kappa shape index (κ3) is 22.0. The smallest absolute Gasteiger partial charge is 0.550 e. The maximum absolute atomic E-state index is 10.2. The molecule has 0 bridgehead atoms. The molecule has 0 saturated carbocycles. The molecule has 2 nitrogen and oxygen atoms in total. The van der Waals surface area contributed by atoms with Gasteiger partial charge in [0.15, 0.2) is 0 Å². The largest absolute Gasteiger partial charge is 1.00 e. The van der Waals surface area contributed by atoms with Crippen molar-refractivity contribution in [3.05, 3.63) is 24.3 Å². The van der Waals surface area contributed by atoms with E-state index in [-0.39, 0.29) is 25.3 Å². The summed E-state index contributed by atoms with van der Waals surface area (Å²) in [7, 11) is 0. The molecule has 0 amide bonds.